The van der Waals surface area contributed by atoms with Gasteiger partial charge in [-0.15, -0.1) is 0 Å². The van der Waals surface area contributed by atoms with Crippen molar-refractivity contribution in [2.45, 2.75) is 33.6 Å². The van der Waals surface area contributed by atoms with Crippen molar-refractivity contribution in [3.8, 4) is 5.75 Å². The number of rotatable bonds is 7. The molecule has 0 amide bonds. The van der Waals surface area contributed by atoms with Crippen LogP contribution in [0.1, 0.15) is 32.3 Å². The van der Waals surface area contributed by atoms with Crippen LogP contribution in [0.2, 0.25) is 0 Å². The van der Waals surface area contributed by atoms with E-state index in [4.69, 9.17) is 4.74 Å². The van der Waals surface area contributed by atoms with Gasteiger partial charge in [-0.2, -0.15) is 0 Å². The third kappa shape index (κ3) is 4.08. The summed E-state index contributed by atoms with van der Waals surface area (Å²) in [5.74, 6) is 0.996. The lowest BCUT2D eigenvalue weighted by Gasteiger charge is -2.21. The maximum absolute atomic E-state index is 5.37. The van der Waals surface area contributed by atoms with Gasteiger partial charge in [0.05, 0.1) is 7.11 Å². The topological polar surface area (TPSA) is 12.5 Å². The summed E-state index contributed by atoms with van der Waals surface area (Å²) in [4.78, 5) is 2.52. The highest BCUT2D eigenvalue weighted by atomic mass is 16.5. The molecule has 0 N–H and O–H groups in total. The molecular weight excluding hydrogens is 209 g/mol. The molecule has 1 aromatic carbocycles. The Kier molecular flexibility index (Phi) is 6.13. The van der Waals surface area contributed by atoms with Crippen LogP contribution in [0.5, 0.6) is 5.75 Å². The molecule has 0 bridgehead atoms. The van der Waals surface area contributed by atoms with Crippen molar-refractivity contribution >= 4 is 12.9 Å². The van der Waals surface area contributed by atoms with Crippen LogP contribution >= 0.6 is 0 Å². The highest BCUT2D eigenvalue weighted by molar-refractivity contribution is 6.51. The van der Waals surface area contributed by atoms with Crippen LogP contribution in [-0.4, -0.2) is 32.4 Å². The third-order valence-electron chi connectivity index (χ3n) is 3.09. The molecule has 1 aromatic rings. The van der Waals surface area contributed by atoms with Crippen LogP contribution in [-0.2, 0) is 0 Å². The first-order valence-corrected chi connectivity index (χ1v) is 6.57. The molecule has 0 fully saturated rings. The van der Waals surface area contributed by atoms with Crippen molar-refractivity contribution in [1.29, 1.82) is 0 Å². The number of hydrogen-bond donors (Lipinski definition) is 0. The summed E-state index contributed by atoms with van der Waals surface area (Å²) in [6.07, 6.45) is 2.42. The average Bonchev–Trinajstić information content (AvgIpc) is 2.32. The molecule has 0 radical (unpaired) electrons. The van der Waals surface area contributed by atoms with E-state index in [9.17, 15) is 0 Å². The van der Waals surface area contributed by atoms with Gasteiger partial charge >= 0.3 is 0 Å². The molecule has 17 heavy (non-hydrogen) atoms. The predicted octanol–water partition coefficient (Wildman–Crippen LogP) is 2.10. The number of benzene rings is 1. The third-order valence-corrected chi connectivity index (χ3v) is 3.09. The fourth-order valence-corrected chi connectivity index (χ4v) is 2.20. The molecule has 0 unspecified atom stereocenters. The molecule has 2 nitrogen and oxygen atoms in total. The lowest BCUT2D eigenvalue weighted by molar-refractivity contribution is 0.412. The van der Waals surface area contributed by atoms with Gasteiger partial charge in [-0.25, -0.2) is 0 Å². The molecule has 0 aliphatic carbocycles. The standard InChI is InChI=1S/C14H24BNO/c1-5-10-16(11-6-2)15-13-8-7-9-14(17-4)12(13)3/h7-9,15H,5-6,10-11H2,1-4H3. The van der Waals surface area contributed by atoms with E-state index in [2.05, 4.69) is 37.7 Å². The summed E-state index contributed by atoms with van der Waals surface area (Å²) in [5, 5.41) is 0. The Morgan fingerprint density at radius 3 is 2.35 bits per heavy atom. The minimum atomic E-state index is 0.996. The van der Waals surface area contributed by atoms with Gasteiger partial charge in [0.25, 0.3) is 0 Å². The molecule has 0 saturated heterocycles. The van der Waals surface area contributed by atoms with Crippen LogP contribution in [0.4, 0.5) is 0 Å². The summed E-state index contributed by atoms with van der Waals surface area (Å²) >= 11 is 0. The quantitative estimate of drug-likeness (QED) is 0.669. The maximum atomic E-state index is 5.37. The first-order valence-electron chi connectivity index (χ1n) is 6.57. The number of nitrogens with zero attached hydrogens (tertiary/aromatic N) is 1. The molecule has 1 rings (SSSR count). The molecule has 0 aromatic heterocycles. The van der Waals surface area contributed by atoms with Crippen molar-refractivity contribution < 1.29 is 4.74 Å². The molecular formula is C14H24BNO. The monoisotopic (exact) mass is 233 g/mol. The normalized spacial score (nSPS) is 10.6. The van der Waals surface area contributed by atoms with Crippen molar-refractivity contribution in [1.82, 2.24) is 4.81 Å². The Balaban J connectivity index is 2.77. The van der Waals surface area contributed by atoms with E-state index in [0.717, 1.165) is 13.2 Å². The molecule has 0 heterocycles. The summed E-state index contributed by atoms with van der Waals surface area (Å²) in [6.45, 7) is 8.96. The Hall–Kier alpha value is -0.955. The van der Waals surface area contributed by atoms with Crippen molar-refractivity contribution in [2.24, 2.45) is 0 Å². The van der Waals surface area contributed by atoms with Gasteiger partial charge in [0.2, 0.25) is 7.41 Å². The van der Waals surface area contributed by atoms with Crippen molar-refractivity contribution in [3.63, 3.8) is 0 Å². The molecule has 3 heteroatoms. The van der Waals surface area contributed by atoms with E-state index in [-0.39, 0.29) is 0 Å². The molecule has 0 aliphatic heterocycles. The second kappa shape index (κ2) is 7.39. The van der Waals surface area contributed by atoms with Gasteiger partial charge < -0.3 is 9.55 Å². The number of hydrogen-bond acceptors (Lipinski definition) is 2. The van der Waals surface area contributed by atoms with Gasteiger partial charge in [-0.3, -0.25) is 0 Å². The van der Waals surface area contributed by atoms with E-state index in [1.807, 2.05) is 6.07 Å². The minimum absolute atomic E-state index is 0.996. The highest BCUT2D eigenvalue weighted by Gasteiger charge is 2.10. The Morgan fingerprint density at radius 2 is 1.82 bits per heavy atom. The Bertz CT molecular complexity index is 335. The van der Waals surface area contributed by atoms with E-state index >= 15 is 0 Å². The lowest BCUT2D eigenvalue weighted by atomic mass is 9.77. The van der Waals surface area contributed by atoms with Gasteiger partial charge in [0.15, 0.2) is 0 Å². The second-order valence-corrected chi connectivity index (χ2v) is 4.52. The molecule has 0 saturated carbocycles. The zero-order valence-electron chi connectivity index (χ0n) is 11.6. The van der Waals surface area contributed by atoms with Crippen LogP contribution < -0.4 is 10.2 Å². The smallest absolute Gasteiger partial charge is 0.239 e. The first-order chi connectivity index (χ1) is 8.22. The first kappa shape index (κ1) is 14.1. The average molecular weight is 233 g/mol. The summed E-state index contributed by atoms with van der Waals surface area (Å²) < 4.78 is 5.37. The van der Waals surface area contributed by atoms with Crippen molar-refractivity contribution in [2.75, 3.05) is 20.2 Å². The Morgan fingerprint density at radius 1 is 1.18 bits per heavy atom. The summed E-state index contributed by atoms with van der Waals surface area (Å²) in [5.41, 5.74) is 2.65. The maximum Gasteiger partial charge on any atom is 0.239 e. The van der Waals surface area contributed by atoms with Crippen LogP contribution in [0.25, 0.3) is 0 Å². The van der Waals surface area contributed by atoms with E-state index < -0.39 is 0 Å². The zero-order valence-corrected chi connectivity index (χ0v) is 11.6. The fraction of sp³-hybridized carbons (Fsp3) is 0.571. The summed E-state index contributed by atoms with van der Waals surface area (Å²) in [7, 11) is 2.77. The van der Waals surface area contributed by atoms with E-state index in [0.29, 0.717) is 0 Å². The summed E-state index contributed by atoms with van der Waals surface area (Å²) in [6, 6.07) is 6.32. The van der Waals surface area contributed by atoms with Crippen LogP contribution in [0, 0.1) is 6.92 Å². The fourth-order valence-electron chi connectivity index (χ4n) is 2.20. The van der Waals surface area contributed by atoms with E-state index in [1.54, 1.807) is 7.11 Å². The Labute approximate surface area is 106 Å². The van der Waals surface area contributed by atoms with Crippen LogP contribution in [0.3, 0.4) is 0 Å². The SMILES string of the molecule is CCCN(Bc1cccc(OC)c1C)CCC. The lowest BCUT2D eigenvalue weighted by Crippen LogP contribution is -2.38. The zero-order chi connectivity index (χ0) is 12.7. The highest BCUT2D eigenvalue weighted by Crippen LogP contribution is 2.13. The van der Waals surface area contributed by atoms with Gasteiger partial charge in [0, 0.05) is 0 Å². The number of ether oxygens (including phenoxy) is 1. The molecule has 0 spiro atoms. The molecule has 0 atom stereocenters. The second-order valence-electron chi connectivity index (χ2n) is 4.52. The van der Waals surface area contributed by atoms with Gasteiger partial charge in [0.1, 0.15) is 5.75 Å². The van der Waals surface area contributed by atoms with Crippen LogP contribution in [0.15, 0.2) is 18.2 Å². The largest absolute Gasteiger partial charge is 0.497 e. The number of methoxy groups -OCH3 is 1. The minimum Gasteiger partial charge on any atom is -0.497 e. The molecule has 94 valence electrons. The van der Waals surface area contributed by atoms with Crippen molar-refractivity contribution in [3.05, 3.63) is 23.8 Å². The van der Waals surface area contributed by atoms with Gasteiger partial charge in [-0.05, 0) is 44.5 Å². The van der Waals surface area contributed by atoms with E-state index in [1.165, 1.54) is 37.0 Å². The molecule has 0 aliphatic rings. The predicted molar refractivity (Wildman–Crippen MR) is 76.7 cm³/mol. The van der Waals surface area contributed by atoms with Gasteiger partial charge in [-0.1, -0.05) is 31.4 Å².